The van der Waals surface area contributed by atoms with E-state index >= 15 is 0 Å². The van der Waals surface area contributed by atoms with Gasteiger partial charge in [0.2, 0.25) is 0 Å². The summed E-state index contributed by atoms with van der Waals surface area (Å²) in [7, 11) is 1.50. The first-order chi connectivity index (χ1) is 7.55. The van der Waals surface area contributed by atoms with Crippen molar-refractivity contribution < 1.29 is 14.6 Å². The minimum absolute atomic E-state index is 0.141. The Labute approximate surface area is 94.5 Å². The lowest BCUT2D eigenvalue weighted by atomic mass is 10.1. The summed E-state index contributed by atoms with van der Waals surface area (Å²) >= 11 is 0. The third-order valence-electron chi connectivity index (χ3n) is 2.03. The quantitative estimate of drug-likeness (QED) is 0.750. The van der Waals surface area contributed by atoms with Crippen LogP contribution in [0.5, 0.6) is 0 Å². The first kappa shape index (κ1) is 12.6. The molecule has 0 aliphatic rings. The molecule has 1 amide bonds. The number of hydrogen-bond acceptors (Lipinski definition) is 4. The third-order valence-corrected chi connectivity index (χ3v) is 2.03. The topological polar surface area (TPSA) is 71.5 Å². The van der Waals surface area contributed by atoms with Gasteiger partial charge in [0, 0.05) is 31.6 Å². The van der Waals surface area contributed by atoms with E-state index in [4.69, 9.17) is 4.74 Å². The van der Waals surface area contributed by atoms with Crippen molar-refractivity contribution in [1.29, 1.82) is 0 Å². The van der Waals surface area contributed by atoms with Crippen molar-refractivity contribution in [2.75, 3.05) is 20.3 Å². The Bertz CT molecular complexity index is 338. The average Bonchev–Trinajstić information content (AvgIpc) is 2.27. The fourth-order valence-electron chi connectivity index (χ4n) is 1.24. The Balaban J connectivity index is 2.48. The number of aliphatic hydroxyl groups is 1. The molecule has 0 aliphatic heterocycles. The van der Waals surface area contributed by atoms with Crippen LogP contribution in [-0.2, 0) is 4.74 Å². The fourth-order valence-corrected chi connectivity index (χ4v) is 1.24. The second kappa shape index (κ2) is 5.58. The highest BCUT2D eigenvalue weighted by Crippen LogP contribution is 2.02. The van der Waals surface area contributed by atoms with Crippen LogP contribution in [0.3, 0.4) is 0 Å². The minimum Gasteiger partial charge on any atom is -0.386 e. The normalized spacial score (nSPS) is 14.2. The zero-order valence-electron chi connectivity index (χ0n) is 9.43. The first-order valence-corrected chi connectivity index (χ1v) is 4.95. The van der Waals surface area contributed by atoms with Crippen LogP contribution < -0.4 is 5.32 Å². The number of rotatable bonds is 5. The predicted molar refractivity (Wildman–Crippen MR) is 59.1 cm³/mol. The van der Waals surface area contributed by atoms with E-state index in [9.17, 15) is 9.90 Å². The molecule has 1 aromatic rings. The van der Waals surface area contributed by atoms with Crippen molar-refractivity contribution in [3.63, 3.8) is 0 Å². The van der Waals surface area contributed by atoms with E-state index in [0.29, 0.717) is 5.56 Å². The summed E-state index contributed by atoms with van der Waals surface area (Å²) < 4.78 is 4.83. The molecule has 1 unspecified atom stereocenters. The molecule has 1 atom stereocenters. The molecule has 16 heavy (non-hydrogen) atoms. The van der Waals surface area contributed by atoms with Gasteiger partial charge in [0.1, 0.15) is 5.60 Å². The van der Waals surface area contributed by atoms with E-state index in [1.165, 1.54) is 7.11 Å². The molecule has 0 fully saturated rings. The summed E-state index contributed by atoms with van der Waals surface area (Å²) in [4.78, 5) is 15.4. The molecule has 1 aromatic heterocycles. The molecule has 0 saturated heterocycles. The van der Waals surface area contributed by atoms with E-state index in [-0.39, 0.29) is 19.1 Å². The van der Waals surface area contributed by atoms with Crippen LogP contribution in [0, 0.1) is 0 Å². The van der Waals surface area contributed by atoms with Crippen LogP contribution in [0.25, 0.3) is 0 Å². The van der Waals surface area contributed by atoms with Gasteiger partial charge in [-0.3, -0.25) is 9.78 Å². The fraction of sp³-hybridized carbons (Fsp3) is 0.455. The third kappa shape index (κ3) is 3.96. The van der Waals surface area contributed by atoms with Crippen LogP contribution in [0.4, 0.5) is 0 Å². The van der Waals surface area contributed by atoms with Crippen molar-refractivity contribution in [1.82, 2.24) is 10.3 Å². The second-order valence-corrected chi connectivity index (χ2v) is 3.85. The number of carbonyl (C=O) groups is 1. The van der Waals surface area contributed by atoms with Crippen LogP contribution in [0.2, 0.25) is 0 Å². The summed E-state index contributed by atoms with van der Waals surface area (Å²) in [5, 5.41) is 12.4. The number of carbonyl (C=O) groups excluding carboxylic acids is 1. The summed E-state index contributed by atoms with van der Waals surface area (Å²) in [6.45, 7) is 1.91. The maximum absolute atomic E-state index is 11.6. The van der Waals surface area contributed by atoms with Crippen molar-refractivity contribution in [2.45, 2.75) is 12.5 Å². The maximum Gasteiger partial charge on any atom is 0.251 e. The molecule has 0 aliphatic carbocycles. The van der Waals surface area contributed by atoms with Gasteiger partial charge in [-0.1, -0.05) is 0 Å². The molecule has 0 saturated carbocycles. The lowest BCUT2D eigenvalue weighted by Gasteiger charge is -2.22. The molecule has 0 bridgehead atoms. The van der Waals surface area contributed by atoms with E-state index in [2.05, 4.69) is 10.3 Å². The van der Waals surface area contributed by atoms with Gasteiger partial charge in [0.05, 0.1) is 6.61 Å². The number of ether oxygens (including phenoxy) is 1. The van der Waals surface area contributed by atoms with E-state index in [1.54, 1.807) is 31.5 Å². The molecule has 0 spiro atoms. The Morgan fingerprint density at radius 2 is 2.19 bits per heavy atom. The number of nitrogens with zero attached hydrogens (tertiary/aromatic N) is 1. The number of methoxy groups -OCH3 is 1. The molecule has 5 heteroatoms. The Kier molecular flexibility index (Phi) is 4.39. The van der Waals surface area contributed by atoms with Crippen molar-refractivity contribution >= 4 is 5.91 Å². The molecule has 88 valence electrons. The number of nitrogens with one attached hydrogen (secondary N) is 1. The molecule has 0 aromatic carbocycles. The monoisotopic (exact) mass is 224 g/mol. The van der Waals surface area contributed by atoms with Crippen LogP contribution in [-0.4, -0.2) is 41.9 Å². The van der Waals surface area contributed by atoms with Crippen LogP contribution >= 0.6 is 0 Å². The van der Waals surface area contributed by atoms with Crippen molar-refractivity contribution in [3.05, 3.63) is 30.1 Å². The van der Waals surface area contributed by atoms with Gasteiger partial charge in [0.15, 0.2) is 0 Å². The first-order valence-electron chi connectivity index (χ1n) is 4.95. The Morgan fingerprint density at radius 3 is 2.75 bits per heavy atom. The summed E-state index contributed by atoms with van der Waals surface area (Å²) in [5.74, 6) is -0.237. The van der Waals surface area contributed by atoms with Crippen LogP contribution in [0.15, 0.2) is 24.5 Å². The molecule has 1 heterocycles. The molecule has 0 radical (unpaired) electrons. The van der Waals surface area contributed by atoms with E-state index in [1.807, 2.05) is 0 Å². The molecule has 5 nitrogen and oxygen atoms in total. The highest BCUT2D eigenvalue weighted by Gasteiger charge is 2.21. The van der Waals surface area contributed by atoms with Gasteiger partial charge in [0.25, 0.3) is 5.91 Å². The van der Waals surface area contributed by atoms with Gasteiger partial charge in [-0.2, -0.15) is 0 Å². The highest BCUT2D eigenvalue weighted by molar-refractivity contribution is 5.93. The van der Waals surface area contributed by atoms with E-state index < -0.39 is 5.60 Å². The van der Waals surface area contributed by atoms with Crippen molar-refractivity contribution in [2.24, 2.45) is 0 Å². The number of aromatic nitrogens is 1. The Hall–Kier alpha value is -1.46. The highest BCUT2D eigenvalue weighted by atomic mass is 16.5. The summed E-state index contributed by atoms with van der Waals surface area (Å²) in [6.07, 6.45) is 3.09. The van der Waals surface area contributed by atoms with Gasteiger partial charge >= 0.3 is 0 Å². The van der Waals surface area contributed by atoms with Gasteiger partial charge in [-0.15, -0.1) is 0 Å². The predicted octanol–water partition coefficient (Wildman–Crippen LogP) is 0.209. The zero-order valence-corrected chi connectivity index (χ0v) is 9.43. The van der Waals surface area contributed by atoms with Gasteiger partial charge in [-0.25, -0.2) is 0 Å². The molecular weight excluding hydrogens is 208 g/mol. The second-order valence-electron chi connectivity index (χ2n) is 3.85. The van der Waals surface area contributed by atoms with Gasteiger partial charge in [-0.05, 0) is 19.1 Å². The molecule has 2 N–H and O–H groups in total. The maximum atomic E-state index is 11.6. The smallest absolute Gasteiger partial charge is 0.251 e. The average molecular weight is 224 g/mol. The largest absolute Gasteiger partial charge is 0.386 e. The van der Waals surface area contributed by atoms with E-state index in [0.717, 1.165) is 0 Å². The lowest BCUT2D eigenvalue weighted by molar-refractivity contribution is -0.0147. The lowest BCUT2D eigenvalue weighted by Crippen LogP contribution is -2.43. The molecular formula is C11H16N2O3. The standard InChI is InChI=1S/C11H16N2O3/c1-11(15,8-16-2)7-13-10(14)9-3-5-12-6-4-9/h3-6,15H,7-8H2,1-2H3,(H,13,14). The van der Waals surface area contributed by atoms with Crippen molar-refractivity contribution in [3.8, 4) is 0 Å². The van der Waals surface area contributed by atoms with Gasteiger partial charge < -0.3 is 15.2 Å². The number of hydrogen-bond donors (Lipinski definition) is 2. The van der Waals surface area contributed by atoms with Crippen LogP contribution in [0.1, 0.15) is 17.3 Å². The number of amides is 1. The zero-order chi connectivity index (χ0) is 12.0. The SMILES string of the molecule is COCC(C)(O)CNC(=O)c1ccncc1. The molecule has 1 rings (SSSR count). The summed E-state index contributed by atoms with van der Waals surface area (Å²) in [6, 6.07) is 3.22. The number of pyridine rings is 1. The minimum atomic E-state index is -1.06. The summed E-state index contributed by atoms with van der Waals surface area (Å²) in [5.41, 5.74) is -0.541. The Morgan fingerprint density at radius 1 is 1.56 bits per heavy atom.